The third kappa shape index (κ3) is 4.85. The van der Waals surface area contributed by atoms with Crippen LogP contribution in [0.15, 0.2) is 53.7 Å². The molecule has 1 fully saturated rings. The number of rotatable bonds is 6. The summed E-state index contributed by atoms with van der Waals surface area (Å²) in [6.45, 7) is 5.08. The number of aromatic amines is 1. The molecule has 0 spiro atoms. The molecular weight excluding hydrogens is 410 g/mol. The highest BCUT2D eigenvalue weighted by atomic mass is 32.2. The number of benzene rings is 2. The van der Waals surface area contributed by atoms with E-state index in [0.29, 0.717) is 12.2 Å². The van der Waals surface area contributed by atoms with Crippen molar-refractivity contribution in [3.8, 4) is 0 Å². The van der Waals surface area contributed by atoms with E-state index in [-0.39, 0.29) is 11.8 Å². The molecule has 2 N–H and O–H groups in total. The molecule has 7 nitrogen and oxygen atoms in total. The van der Waals surface area contributed by atoms with Crippen LogP contribution in [-0.2, 0) is 16.6 Å². The van der Waals surface area contributed by atoms with E-state index in [4.69, 9.17) is 0 Å². The van der Waals surface area contributed by atoms with Crippen LogP contribution in [-0.4, -0.2) is 53.6 Å². The fourth-order valence-electron chi connectivity index (χ4n) is 3.84. The van der Waals surface area contributed by atoms with E-state index in [2.05, 4.69) is 25.8 Å². The molecule has 1 aliphatic rings. The van der Waals surface area contributed by atoms with Crippen molar-refractivity contribution in [3.63, 3.8) is 0 Å². The molecule has 0 unspecified atom stereocenters. The molecule has 31 heavy (non-hydrogen) atoms. The van der Waals surface area contributed by atoms with Crippen molar-refractivity contribution in [2.45, 2.75) is 18.5 Å². The number of anilines is 2. The molecular formula is C23H28N5O2S+. The number of aryl methyl sites for hydroxylation is 1. The average molecular weight is 439 g/mol. The van der Waals surface area contributed by atoms with E-state index in [1.807, 2.05) is 61.3 Å². The Balaban J connectivity index is 1.29. The molecule has 1 aliphatic heterocycles. The Morgan fingerprint density at radius 3 is 2.45 bits per heavy atom. The minimum absolute atomic E-state index is 0.0388. The number of fused-ring (bicyclic) bond motifs is 1. The van der Waals surface area contributed by atoms with Gasteiger partial charge in [-0.1, -0.05) is 19.1 Å². The van der Waals surface area contributed by atoms with E-state index >= 15 is 0 Å². The molecule has 162 valence electrons. The lowest BCUT2D eigenvalue weighted by Crippen LogP contribution is -2.48. The number of aromatic nitrogens is 2. The fourth-order valence-corrected chi connectivity index (χ4v) is 4.65. The zero-order valence-electron chi connectivity index (χ0n) is 17.9. The molecule has 1 aromatic heterocycles. The number of nitrogens with one attached hydrogen (secondary N) is 2. The van der Waals surface area contributed by atoms with E-state index in [9.17, 15) is 9.59 Å². The third-order valence-corrected chi connectivity index (χ3v) is 6.66. The highest BCUT2D eigenvalue weighted by Gasteiger charge is 2.20. The first-order chi connectivity index (χ1) is 15.0. The Kier molecular flexibility index (Phi) is 6.46. The lowest BCUT2D eigenvalue weighted by atomic mass is 10.2. The maximum atomic E-state index is 12.4. The summed E-state index contributed by atoms with van der Waals surface area (Å²) >= 11 is 1.49. The van der Waals surface area contributed by atoms with E-state index in [0.717, 1.165) is 53.7 Å². The van der Waals surface area contributed by atoms with Crippen LogP contribution in [0.2, 0.25) is 0 Å². The van der Waals surface area contributed by atoms with Crippen LogP contribution in [0.5, 0.6) is 0 Å². The van der Waals surface area contributed by atoms with Gasteiger partial charge in [-0.15, -0.1) is 0 Å². The molecule has 0 saturated carbocycles. The van der Waals surface area contributed by atoms with Crippen molar-refractivity contribution in [1.82, 2.24) is 9.88 Å². The first-order valence-corrected chi connectivity index (χ1v) is 11.6. The van der Waals surface area contributed by atoms with Gasteiger partial charge in [0, 0.05) is 44.0 Å². The fraction of sp³-hybridized carbons (Fsp3) is 0.348. The predicted molar refractivity (Wildman–Crippen MR) is 124 cm³/mol. The molecule has 1 saturated heterocycles. The van der Waals surface area contributed by atoms with Gasteiger partial charge in [-0.3, -0.25) is 9.59 Å². The number of hydrogen-bond acceptors (Lipinski definition) is 4. The first-order valence-electron chi connectivity index (χ1n) is 10.6. The van der Waals surface area contributed by atoms with Crippen molar-refractivity contribution in [2.24, 2.45) is 7.05 Å². The van der Waals surface area contributed by atoms with Crippen LogP contribution < -0.4 is 14.8 Å². The first kappa shape index (κ1) is 21.2. The maximum Gasteiger partial charge on any atom is 0.317 e. The van der Waals surface area contributed by atoms with Crippen LogP contribution in [0.25, 0.3) is 11.0 Å². The number of piperazine rings is 1. The van der Waals surface area contributed by atoms with Gasteiger partial charge in [0.2, 0.25) is 11.8 Å². The summed E-state index contributed by atoms with van der Waals surface area (Å²) in [5.41, 5.74) is 4.07. The van der Waals surface area contributed by atoms with Gasteiger partial charge in [0.1, 0.15) is 0 Å². The average Bonchev–Trinajstić information content (AvgIpc) is 3.13. The van der Waals surface area contributed by atoms with Gasteiger partial charge in [0.25, 0.3) is 0 Å². The zero-order valence-corrected chi connectivity index (χ0v) is 18.7. The largest absolute Gasteiger partial charge is 0.368 e. The minimum Gasteiger partial charge on any atom is -0.368 e. The van der Waals surface area contributed by atoms with Gasteiger partial charge < -0.3 is 15.1 Å². The Hall–Kier alpha value is -3.00. The summed E-state index contributed by atoms with van der Waals surface area (Å²) in [6, 6.07) is 16.0. The van der Waals surface area contributed by atoms with Crippen LogP contribution in [0.3, 0.4) is 0 Å². The number of thioether (sulfide) groups is 1. The molecule has 2 amide bonds. The molecule has 8 heteroatoms. The SMILES string of the molecule is CCC(=O)N1CCN(c2ccc(NC(=O)CSc3[nH]c4ccccc4[n+]3C)cc2)CC1. The van der Waals surface area contributed by atoms with Crippen molar-refractivity contribution in [3.05, 3.63) is 48.5 Å². The Labute approximate surface area is 186 Å². The van der Waals surface area contributed by atoms with Crippen LogP contribution in [0, 0.1) is 0 Å². The second-order valence-electron chi connectivity index (χ2n) is 7.61. The lowest BCUT2D eigenvalue weighted by Gasteiger charge is -2.36. The molecule has 0 atom stereocenters. The van der Waals surface area contributed by atoms with Crippen LogP contribution in [0.1, 0.15) is 13.3 Å². The molecule has 0 aliphatic carbocycles. The molecule has 4 rings (SSSR count). The van der Waals surface area contributed by atoms with E-state index in [1.165, 1.54) is 11.8 Å². The predicted octanol–water partition coefficient (Wildman–Crippen LogP) is 2.78. The second-order valence-corrected chi connectivity index (χ2v) is 8.58. The smallest absolute Gasteiger partial charge is 0.317 e. The second kappa shape index (κ2) is 9.43. The lowest BCUT2D eigenvalue weighted by molar-refractivity contribution is -0.683. The Morgan fingerprint density at radius 2 is 1.77 bits per heavy atom. The Morgan fingerprint density at radius 1 is 1.06 bits per heavy atom. The van der Waals surface area contributed by atoms with Gasteiger partial charge in [0.15, 0.2) is 11.0 Å². The van der Waals surface area contributed by atoms with Crippen molar-refractivity contribution >= 4 is 46.0 Å². The standard InChI is InChI=1S/C23H27N5O2S/c1-3-22(30)28-14-12-27(13-15-28)18-10-8-17(9-11-18)24-21(29)16-31-23-25-19-6-4-5-7-20(19)26(23)2/h4-11H,3,12-16H2,1-2H3,(H,24,29)/p+1. The van der Waals surface area contributed by atoms with Gasteiger partial charge >= 0.3 is 5.16 Å². The number of amides is 2. The quantitative estimate of drug-likeness (QED) is 0.459. The van der Waals surface area contributed by atoms with Crippen molar-refractivity contribution in [2.75, 3.05) is 42.1 Å². The molecule has 2 heterocycles. The summed E-state index contributed by atoms with van der Waals surface area (Å²) in [7, 11) is 2.00. The summed E-state index contributed by atoms with van der Waals surface area (Å²) in [5.74, 6) is 0.509. The number of para-hydroxylation sites is 2. The van der Waals surface area contributed by atoms with Gasteiger partial charge in [-0.05, 0) is 48.2 Å². The van der Waals surface area contributed by atoms with Crippen molar-refractivity contribution < 1.29 is 14.2 Å². The van der Waals surface area contributed by atoms with Gasteiger partial charge in [-0.2, -0.15) is 0 Å². The van der Waals surface area contributed by atoms with E-state index < -0.39 is 0 Å². The minimum atomic E-state index is -0.0388. The monoisotopic (exact) mass is 438 g/mol. The normalized spacial score (nSPS) is 14.1. The van der Waals surface area contributed by atoms with Crippen LogP contribution in [0.4, 0.5) is 11.4 Å². The summed E-state index contributed by atoms with van der Waals surface area (Å²) < 4.78 is 2.07. The van der Waals surface area contributed by atoms with Gasteiger partial charge in [0.05, 0.1) is 12.8 Å². The van der Waals surface area contributed by atoms with Crippen molar-refractivity contribution in [1.29, 1.82) is 0 Å². The Bertz CT molecular complexity index is 1070. The molecule has 3 aromatic rings. The summed E-state index contributed by atoms with van der Waals surface area (Å²) in [5, 5.41) is 3.92. The van der Waals surface area contributed by atoms with Gasteiger partial charge in [-0.25, -0.2) is 9.55 Å². The summed E-state index contributed by atoms with van der Waals surface area (Å²) in [4.78, 5) is 31.8. The number of carbonyl (C=O) groups is 2. The molecule has 2 aromatic carbocycles. The van der Waals surface area contributed by atoms with E-state index in [1.54, 1.807) is 0 Å². The highest BCUT2D eigenvalue weighted by molar-refractivity contribution is 7.99. The highest BCUT2D eigenvalue weighted by Crippen LogP contribution is 2.21. The zero-order chi connectivity index (χ0) is 21.8. The number of carbonyl (C=O) groups excluding carboxylic acids is 2. The topological polar surface area (TPSA) is 72.3 Å². The summed E-state index contributed by atoms with van der Waals surface area (Å²) in [6.07, 6.45) is 0.561. The number of imidazole rings is 1. The number of H-pyrrole nitrogens is 1. The van der Waals surface area contributed by atoms with Crippen LogP contribution >= 0.6 is 11.8 Å². The number of hydrogen-bond donors (Lipinski definition) is 2. The maximum absolute atomic E-state index is 12.4. The molecule has 0 radical (unpaired) electrons. The molecule has 0 bridgehead atoms. The third-order valence-electron chi connectivity index (χ3n) is 5.60. The number of nitrogens with zero attached hydrogens (tertiary/aromatic N) is 3.